The summed E-state index contributed by atoms with van der Waals surface area (Å²) in [5, 5.41) is 2.78. The molecule has 1 amide bonds. The van der Waals surface area contributed by atoms with E-state index in [1.54, 1.807) is 42.5 Å². The van der Waals surface area contributed by atoms with Crippen molar-refractivity contribution < 1.29 is 18.7 Å². The number of aromatic nitrogens is 1. The lowest BCUT2D eigenvalue weighted by molar-refractivity contribution is 0.102. The molecule has 1 N–H and O–H groups in total. The van der Waals surface area contributed by atoms with E-state index in [4.69, 9.17) is 9.47 Å². The summed E-state index contributed by atoms with van der Waals surface area (Å²) in [7, 11) is 3.07. The van der Waals surface area contributed by atoms with Crippen LogP contribution in [0.5, 0.6) is 11.5 Å². The van der Waals surface area contributed by atoms with Crippen LogP contribution in [-0.4, -0.2) is 25.1 Å². The van der Waals surface area contributed by atoms with Gasteiger partial charge >= 0.3 is 0 Å². The minimum atomic E-state index is -0.335. The monoisotopic (exact) mass is 352 g/mol. The molecule has 1 heterocycles. The molecule has 0 unspecified atom stereocenters. The molecule has 0 atom stereocenters. The molecule has 3 rings (SSSR count). The number of methoxy groups -OCH3 is 2. The molecule has 6 heteroatoms. The third-order valence-electron chi connectivity index (χ3n) is 3.76. The predicted octanol–water partition coefficient (Wildman–Crippen LogP) is 4.16. The fourth-order valence-electron chi connectivity index (χ4n) is 2.43. The second-order valence-electron chi connectivity index (χ2n) is 5.50. The first-order valence-electron chi connectivity index (χ1n) is 7.85. The van der Waals surface area contributed by atoms with Crippen LogP contribution in [0.4, 0.5) is 10.1 Å². The maximum Gasteiger partial charge on any atom is 0.257 e. The van der Waals surface area contributed by atoms with Crippen molar-refractivity contribution >= 4 is 11.6 Å². The van der Waals surface area contributed by atoms with Crippen molar-refractivity contribution in [1.29, 1.82) is 0 Å². The van der Waals surface area contributed by atoms with Crippen LogP contribution in [0, 0.1) is 5.82 Å². The Morgan fingerprint density at radius 2 is 1.73 bits per heavy atom. The molecule has 0 fully saturated rings. The smallest absolute Gasteiger partial charge is 0.257 e. The van der Waals surface area contributed by atoms with Crippen molar-refractivity contribution in [3.8, 4) is 22.8 Å². The summed E-state index contributed by atoms with van der Waals surface area (Å²) in [6.45, 7) is 0. The molecule has 0 bridgehead atoms. The topological polar surface area (TPSA) is 60.5 Å². The number of amides is 1. The Morgan fingerprint density at radius 1 is 1.00 bits per heavy atom. The van der Waals surface area contributed by atoms with E-state index >= 15 is 0 Å². The molecule has 26 heavy (non-hydrogen) atoms. The number of pyridine rings is 1. The van der Waals surface area contributed by atoms with E-state index in [9.17, 15) is 9.18 Å². The summed E-state index contributed by atoms with van der Waals surface area (Å²) < 4.78 is 23.7. The second-order valence-corrected chi connectivity index (χ2v) is 5.50. The van der Waals surface area contributed by atoms with Gasteiger partial charge in [-0.3, -0.25) is 9.78 Å². The number of benzene rings is 2. The molecule has 2 aromatic carbocycles. The molecule has 0 aliphatic rings. The SMILES string of the molecule is COc1cc(NC(=O)c2ccc(-c3cccc(F)c3)nc2)cc(OC)c1. The lowest BCUT2D eigenvalue weighted by Gasteiger charge is -2.10. The van der Waals surface area contributed by atoms with Gasteiger partial charge in [0.2, 0.25) is 0 Å². The molecule has 0 spiro atoms. The Morgan fingerprint density at radius 3 is 2.31 bits per heavy atom. The van der Waals surface area contributed by atoms with E-state index in [2.05, 4.69) is 10.3 Å². The molecule has 0 saturated heterocycles. The van der Waals surface area contributed by atoms with E-state index in [0.717, 1.165) is 0 Å². The van der Waals surface area contributed by atoms with Crippen molar-refractivity contribution in [2.45, 2.75) is 0 Å². The van der Waals surface area contributed by atoms with Crippen molar-refractivity contribution in [3.05, 3.63) is 72.2 Å². The zero-order chi connectivity index (χ0) is 18.5. The normalized spacial score (nSPS) is 10.3. The first-order chi connectivity index (χ1) is 12.6. The number of rotatable bonds is 5. The highest BCUT2D eigenvalue weighted by molar-refractivity contribution is 6.04. The fourth-order valence-corrected chi connectivity index (χ4v) is 2.43. The van der Waals surface area contributed by atoms with Crippen LogP contribution in [-0.2, 0) is 0 Å². The van der Waals surface area contributed by atoms with Crippen LogP contribution in [0.3, 0.4) is 0 Å². The molecule has 132 valence electrons. The number of nitrogens with one attached hydrogen (secondary N) is 1. The maximum absolute atomic E-state index is 13.3. The summed E-state index contributed by atoms with van der Waals surface area (Å²) >= 11 is 0. The number of ether oxygens (including phenoxy) is 2. The Balaban J connectivity index is 1.78. The summed E-state index contributed by atoms with van der Waals surface area (Å²) in [5.74, 6) is 0.482. The van der Waals surface area contributed by atoms with Gasteiger partial charge in [-0.2, -0.15) is 0 Å². The molecule has 0 aliphatic heterocycles. The van der Waals surface area contributed by atoms with E-state index in [-0.39, 0.29) is 11.7 Å². The quantitative estimate of drug-likeness (QED) is 0.749. The van der Waals surface area contributed by atoms with Crippen molar-refractivity contribution in [1.82, 2.24) is 4.98 Å². The van der Waals surface area contributed by atoms with Crippen LogP contribution in [0.1, 0.15) is 10.4 Å². The summed E-state index contributed by atoms with van der Waals surface area (Å²) in [6, 6.07) is 14.5. The fraction of sp³-hybridized carbons (Fsp3) is 0.100. The first-order valence-corrected chi connectivity index (χ1v) is 7.85. The number of hydrogen-bond acceptors (Lipinski definition) is 4. The molecule has 0 radical (unpaired) electrons. The van der Waals surface area contributed by atoms with Gasteiger partial charge in [0.1, 0.15) is 17.3 Å². The Labute approximate surface area is 150 Å². The number of halogens is 1. The average Bonchev–Trinajstić information content (AvgIpc) is 2.67. The van der Waals surface area contributed by atoms with Gasteiger partial charge < -0.3 is 14.8 Å². The van der Waals surface area contributed by atoms with Gasteiger partial charge in [-0.25, -0.2) is 4.39 Å². The number of carbonyl (C=O) groups is 1. The van der Waals surface area contributed by atoms with Crippen LogP contribution in [0.2, 0.25) is 0 Å². The number of carbonyl (C=O) groups excluding carboxylic acids is 1. The largest absolute Gasteiger partial charge is 0.497 e. The van der Waals surface area contributed by atoms with Crippen LogP contribution in [0.25, 0.3) is 11.3 Å². The van der Waals surface area contributed by atoms with Crippen molar-refractivity contribution in [2.24, 2.45) is 0 Å². The van der Waals surface area contributed by atoms with Gasteiger partial charge in [-0.1, -0.05) is 12.1 Å². The number of hydrogen-bond donors (Lipinski definition) is 1. The zero-order valence-electron chi connectivity index (χ0n) is 14.3. The molecular formula is C20H17FN2O3. The summed E-state index contributed by atoms with van der Waals surface area (Å²) in [5.41, 5.74) is 2.16. The summed E-state index contributed by atoms with van der Waals surface area (Å²) in [4.78, 5) is 16.7. The zero-order valence-corrected chi connectivity index (χ0v) is 14.3. The van der Waals surface area contributed by atoms with Crippen LogP contribution < -0.4 is 14.8 Å². The van der Waals surface area contributed by atoms with E-state index < -0.39 is 0 Å². The minimum absolute atomic E-state index is 0.321. The van der Waals surface area contributed by atoms with Gasteiger partial charge in [0.25, 0.3) is 5.91 Å². The Kier molecular flexibility index (Phi) is 5.12. The van der Waals surface area contributed by atoms with Gasteiger partial charge in [-0.15, -0.1) is 0 Å². The van der Waals surface area contributed by atoms with Gasteiger partial charge in [-0.05, 0) is 24.3 Å². The van der Waals surface area contributed by atoms with E-state index in [1.165, 1.54) is 32.5 Å². The standard InChI is InChI=1S/C20H17FN2O3/c1-25-17-9-16(10-18(11-17)26-2)23-20(24)14-6-7-19(22-12-14)13-4-3-5-15(21)8-13/h3-12H,1-2H3,(H,23,24). The van der Waals surface area contributed by atoms with Gasteiger partial charge in [0.15, 0.2) is 0 Å². The second kappa shape index (κ2) is 7.65. The highest BCUT2D eigenvalue weighted by atomic mass is 19.1. The average molecular weight is 352 g/mol. The maximum atomic E-state index is 13.3. The predicted molar refractivity (Wildman–Crippen MR) is 97.1 cm³/mol. The number of anilines is 1. The Bertz CT molecular complexity index is 904. The first kappa shape index (κ1) is 17.4. The van der Waals surface area contributed by atoms with Crippen molar-refractivity contribution in [3.63, 3.8) is 0 Å². The number of nitrogens with zero attached hydrogens (tertiary/aromatic N) is 1. The highest BCUT2D eigenvalue weighted by Gasteiger charge is 2.10. The molecule has 1 aromatic heterocycles. The van der Waals surface area contributed by atoms with Crippen molar-refractivity contribution in [2.75, 3.05) is 19.5 Å². The van der Waals surface area contributed by atoms with Gasteiger partial charge in [0, 0.05) is 35.6 Å². The summed E-state index contributed by atoms with van der Waals surface area (Å²) in [6.07, 6.45) is 1.45. The third-order valence-corrected chi connectivity index (χ3v) is 3.76. The lowest BCUT2D eigenvalue weighted by Crippen LogP contribution is -2.12. The van der Waals surface area contributed by atoms with E-state index in [0.29, 0.717) is 34.0 Å². The third kappa shape index (κ3) is 3.97. The Hall–Kier alpha value is -3.41. The van der Waals surface area contributed by atoms with Gasteiger partial charge in [0.05, 0.1) is 25.5 Å². The minimum Gasteiger partial charge on any atom is -0.497 e. The molecule has 0 saturated carbocycles. The highest BCUT2D eigenvalue weighted by Crippen LogP contribution is 2.26. The van der Waals surface area contributed by atoms with E-state index in [1.807, 2.05) is 0 Å². The van der Waals surface area contributed by atoms with Crippen LogP contribution >= 0.6 is 0 Å². The molecule has 0 aliphatic carbocycles. The molecular weight excluding hydrogens is 335 g/mol. The molecule has 3 aromatic rings. The molecule has 5 nitrogen and oxygen atoms in total. The lowest BCUT2D eigenvalue weighted by atomic mass is 10.1. The van der Waals surface area contributed by atoms with Crippen LogP contribution in [0.15, 0.2) is 60.8 Å².